The molecule has 0 aliphatic carbocycles. The van der Waals surface area contributed by atoms with Gasteiger partial charge in [0, 0.05) is 0 Å². The summed E-state index contributed by atoms with van der Waals surface area (Å²) in [6.07, 6.45) is 0. The average Bonchev–Trinajstić information content (AvgIpc) is 2.73. The molecule has 4 aromatic rings. The first kappa shape index (κ1) is 18.3. The van der Waals surface area contributed by atoms with E-state index >= 15 is 0 Å². The quantitative estimate of drug-likeness (QED) is 0.343. The molecule has 0 amide bonds. The van der Waals surface area contributed by atoms with Gasteiger partial charge in [0.2, 0.25) is 0 Å². The van der Waals surface area contributed by atoms with Gasteiger partial charge in [0.15, 0.2) is 0 Å². The maximum absolute atomic E-state index is 2.28. The zero-order chi connectivity index (χ0) is 19.6. The second kappa shape index (κ2) is 7.48. The first-order chi connectivity index (χ1) is 13.6. The molecule has 4 rings (SSSR count). The van der Waals surface area contributed by atoms with Gasteiger partial charge in [0.1, 0.15) is 0 Å². The Hall–Kier alpha value is -3.12. The molecule has 0 heterocycles. The summed E-state index contributed by atoms with van der Waals surface area (Å²) in [5, 5.41) is 0. The van der Waals surface area contributed by atoms with Crippen LogP contribution in [0.2, 0.25) is 0 Å². The van der Waals surface area contributed by atoms with Gasteiger partial charge in [-0.25, -0.2) is 0 Å². The molecule has 0 N–H and O–H groups in total. The second-order valence-electron chi connectivity index (χ2n) is 7.71. The molecule has 138 valence electrons. The maximum atomic E-state index is 2.28. The molecule has 0 atom stereocenters. The second-order valence-corrected chi connectivity index (χ2v) is 7.71. The van der Waals surface area contributed by atoms with Crippen molar-refractivity contribution in [2.75, 3.05) is 0 Å². The van der Waals surface area contributed by atoms with Crippen LogP contribution < -0.4 is 0 Å². The van der Waals surface area contributed by atoms with Crippen molar-refractivity contribution in [3.8, 4) is 0 Å². The Morgan fingerprint density at radius 3 is 0.964 bits per heavy atom. The van der Waals surface area contributed by atoms with Crippen molar-refractivity contribution in [3.05, 3.63) is 142 Å². The van der Waals surface area contributed by atoms with E-state index in [0.29, 0.717) is 0 Å². The van der Waals surface area contributed by atoms with E-state index < -0.39 is 0 Å². The van der Waals surface area contributed by atoms with Crippen molar-refractivity contribution in [3.63, 3.8) is 0 Å². The molecule has 0 fully saturated rings. The smallest absolute Gasteiger partial charge is 0.0622 e. The highest BCUT2D eigenvalue weighted by molar-refractivity contribution is 5.60. The van der Waals surface area contributed by atoms with E-state index in [4.69, 9.17) is 0 Å². The van der Waals surface area contributed by atoms with Gasteiger partial charge in [-0.1, -0.05) is 120 Å². The van der Waals surface area contributed by atoms with Crippen LogP contribution in [0.1, 0.15) is 38.9 Å². The van der Waals surface area contributed by atoms with Crippen molar-refractivity contribution in [2.45, 2.75) is 26.2 Å². The molecule has 0 bridgehead atoms. The van der Waals surface area contributed by atoms with Gasteiger partial charge in [0.25, 0.3) is 0 Å². The first-order valence-electron chi connectivity index (χ1n) is 9.87. The van der Waals surface area contributed by atoms with Gasteiger partial charge >= 0.3 is 0 Å². The zero-order valence-electron chi connectivity index (χ0n) is 16.8. The normalized spacial score (nSPS) is 11.4. The largest absolute Gasteiger partial charge is 0.0701 e. The van der Waals surface area contributed by atoms with Gasteiger partial charge in [-0.05, 0) is 43.0 Å². The third kappa shape index (κ3) is 3.16. The Bertz CT molecular complexity index is 927. The Kier molecular flexibility index (Phi) is 4.88. The lowest BCUT2D eigenvalue weighted by molar-refractivity contribution is 0.744. The fourth-order valence-electron chi connectivity index (χ4n) is 4.10. The lowest BCUT2D eigenvalue weighted by Gasteiger charge is -2.37. The first-order valence-corrected chi connectivity index (χ1v) is 9.87. The summed E-state index contributed by atoms with van der Waals surface area (Å²) in [6, 6.07) is 37.9. The molecule has 0 saturated heterocycles. The molecular weight excluding hydrogens is 336 g/mol. The number of aryl methyl sites for hydroxylation is 3. The summed E-state index contributed by atoms with van der Waals surface area (Å²) in [4.78, 5) is 0. The SMILES string of the molecule is Cc1ccc(C(c2ccccc2)(c2ccc(C)cc2)c2ccc(C)cc2)cc1. The molecule has 0 aliphatic heterocycles. The summed E-state index contributed by atoms with van der Waals surface area (Å²) in [5.74, 6) is 0. The van der Waals surface area contributed by atoms with Gasteiger partial charge < -0.3 is 0 Å². The van der Waals surface area contributed by atoms with Crippen LogP contribution in [0.4, 0.5) is 0 Å². The minimum atomic E-state index is -0.351. The van der Waals surface area contributed by atoms with Crippen molar-refractivity contribution in [2.24, 2.45) is 0 Å². The molecule has 0 aromatic heterocycles. The highest BCUT2D eigenvalue weighted by atomic mass is 14.4. The molecule has 4 aromatic carbocycles. The average molecular weight is 363 g/mol. The topological polar surface area (TPSA) is 0 Å². The molecular formula is C28H26. The highest BCUT2D eigenvalue weighted by Gasteiger charge is 2.38. The lowest BCUT2D eigenvalue weighted by atomic mass is 9.65. The fourth-order valence-corrected chi connectivity index (χ4v) is 4.10. The van der Waals surface area contributed by atoms with Crippen LogP contribution in [0.3, 0.4) is 0 Å². The van der Waals surface area contributed by atoms with Crippen LogP contribution in [-0.2, 0) is 5.41 Å². The van der Waals surface area contributed by atoms with E-state index in [1.807, 2.05) is 0 Å². The molecule has 0 unspecified atom stereocenters. The molecule has 0 spiro atoms. The van der Waals surface area contributed by atoms with Crippen molar-refractivity contribution >= 4 is 0 Å². The number of hydrogen-bond donors (Lipinski definition) is 0. The predicted octanol–water partition coefficient (Wildman–Crippen LogP) is 6.99. The Morgan fingerprint density at radius 1 is 0.357 bits per heavy atom. The van der Waals surface area contributed by atoms with E-state index in [9.17, 15) is 0 Å². The molecule has 0 heteroatoms. The van der Waals surface area contributed by atoms with Gasteiger partial charge in [-0.2, -0.15) is 0 Å². The third-order valence-corrected chi connectivity index (χ3v) is 5.66. The number of hydrogen-bond acceptors (Lipinski definition) is 0. The Morgan fingerprint density at radius 2 is 0.643 bits per heavy atom. The monoisotopic (exact) mass is 362 g/mol. The predicted molar refractivity (Wildman–Crippen MR) is 119 cm³/mol. The summed E-state index contributed by atoms with van der Waals surface area (Å²) >= 11 is 0. The maximum Gasteiger partial charge on any atom is 0.0701 e. The van der Waals surface area contributed by atoms with E-state index in [0.717, 1.165) is 0 Å². The molecule has 0 aliphatic rings. The third-order valence-electron chi connectivity index (χ3n) is 5.66. The van der Waals surface area contributed by atoms with E-state index in [1.165, 1.54) is 38.9 Å². The summed E-state index contributed by atoms with van der Waals surface area (Å²) in [7, 11) is 0. The minimum Gasteiger partial charge on any atom is -0.0622 e. The van der Waals surface area contributed by atoms with Crippen molar-refractivity contribution < 1.29 is 0 Å². The Balaban J connectivity index is 2.11. The standard InChI is InChI=1S/C28H26/c1-21-9-15-25(16-10-21)28(24-7-5-4-6-8-24,26-17-11-22(2)12-18-26)27-19-13-23(3)14-20-27/h4-20H,1-3H3. The van der Waals surface area contributed by atoms with Crippen LogP contribution in [-0.4, -0.2) is 0 Å². The number of rotatable bonds is 4. The van der Waals surface area contributed by atoms with Crippen molar-refractivity contribution in [1.29, 1.82) is 0 Å². The molecule has 0 nitrogen and oxygen atoms in total. The van der Waals surface area contributed by atoms with Crippen LogP contribution in [0, 0.1) is 20.8 Å². The summed E-state index contributed by atoms with van der Waals surface area (Å²) < 4.78 is 0. The summed E-state index contributed by atoms with van der Waals surface area (Å²) in [5.41, 5.74) is 8.63. The zero-order valence-corrected chi connectivity index (χ0v) is 16.8. The van der Waals surface area contributed by atoms with E-state index in [1.54, 1.807) is 0 Å². The molecule has 0 radical (unpaired) electrons. The van der Waals surface area contributed by atoms with Crippen LogP contribution in [0.5, 0.6) is 0 Å². The fraction of sp³-hybridized carbons (Fsp3) is 0.143. The Labute approximate surface area is 168 Å². The number of benzene rings is 4. The van der Waals surface area contributed by atoms with Crippen LogP contribution in [0.15, 0.2) is 103 Å². The summed E-state index contributed by atoms with van der Waals surface area (Å²) in [6.45, 7) is 6.43. The highest BCUT2D eigenvalue weighted by Crippen LogP contribution is 2.45. The van der Waals surface area contributed by atoms with Crippen molar-refractivity contribution in [1.82, 2.24) is 0 Å². The van der Waals surface area contributed by atoms with Crippen LogP contribution in [0.25, 0.3) is 0 Å². The van der Waals surface area contributed by atoms with E-state index in [-0.39, 0.29) is 5.41 Å². The lowest BCUT2D eigenvalue weighted by Crippen LogP contribution is -2.31. The van der Waals surface area contributed by atoms with E-state index in [2.05, 4.69) is 124 Å². The van der Waals surface area contributed by atoms with Gasteiger partial charge in [-0.3, -0.25) is 0 Å². The molecule has 0 saturated carbocycles. The van der Waals surface area contributed by atoms with Crippen LogP contribution >= 0.6 is 0 Å². The van der Waals surface area contributed by atoms with Gasteiger partial charge in [-0.15, -0.1) is 0 Å². The molecule has 28 heavy (non-hydrogen) atoms. The minimum absolute atomic E-state index is 0.351. The van der Waals surface area contributed by atoms with Gasteiger partial charge in [0.05, 0.1) is 5.41 Å².